The number of hydrogen-bond acceptors (Lipinski definition) is 5. The van der Waals surface area contributed by atoms with Crippen LogP contribution >= 0.6 is 23.4 Å². The molecule has 0 atom stereocenters. The number of halogens is 4. The molecule has 6 nitrogen and oxygen atoms in total. The molecule has 3 aromatic rings. The number of aromatic nitrogens is 3. The number of nitrogens with one attached hydrogen (secondary N) is 1. The van der Waals surface area contributed by atoms with Crippen molar-refractivity contribution >= 4 is 35.0 Å². The minimum absolute atomic E-state index is 0.00712. The first-order valence-corrected chi connectivity index (χ1v) is 10.1. The second-order valence-electron chi connectivity index (χ2n) is 6.13. The van der Waals surface area contributed by atoms with Gasteiger partial charge in [-0.2, -0.15) is 13.2 Å². The summed E-state index contributed by atoms with van der Waals surface area (Å²) in [5.74, 6) is 0.0699. The molecule has 0 fully saturated rings. The van der Waals surface area contributed by atoms with E-state index in [1.807, 2.05) is 6.92 Å². The average molecular weight is 457 g/mol. The molecule has 0 saturated heterocycles. The molecule has 1 amide bonds. The molecule has 1 aromatic heterocycles. The Bertz CT molecular complexity index is 1050. The van der Waals surface area contributed by atoms with Crippen molar-refractivity contribution in [1.29, 1.82) is 0 Å². The van der Waals surface area contributed by atoms with Gasteiger partial charge in [0.25, 0.3) is 0 Å². The van der Waals surface area contributed by atoms with Crippen molar-refractivity contribution in [3.8, 4) is 17.1 Å². The Balaban J connectivity index is 1.70. The minimum atomic E-state index is -4.54. The highest BCUT2D eigenvalue weighted by Gasteiger charge is 2.31. The number of phenols is 1. The van der Waals surface area contributed by atoms with Gasteiger partial charge in [-0.25, -0.2) is 0 Å². The number of nitrogens with zero attached hydrogens (tertiary/aromatic N) is 3. The van der Waals surface area contributed by atoms with Crippen molar-refractivity contribution in [2.24, 2.45) is 0 Å². The largest absolute Gasteiger partial charge is 0.508 e. The monoisotopic (exact) mass is 456 g/mol. The van der Waals surface area contributed by atoms with E-state index in [1.165, 1.54) is 12.1 Å². The third kappa shape index (κ3) is 5.06. The molecule has 30 heavy (non-hydrogen) atoms. The SMILES string of the molecule is CCn1c(SCC(=O)Nc2cc(C(F)(F)F)ccc2Cl)nnc1-c1ccc(O)cc1. The van der Waals surface area contributed by atoms with Gasteiger partial charge in [0.1, 0.15) is 5.75 Å². The number of anilines is 1. The summed E-state index contributed by atoms with van der Waals surface area (Å²) in [4.78, 5) is 12.3. The summed E-state index contributed by atoms with van der Waals surface area (Å²) < 4.78 is 40.4. The topological polar surface area (TPSA) is 80.0 Å². The number of carbonyl (C=O) groups excluding carboxylic acids is 1. The van der Waals surface area contributed by atoms with Crippen LogP contribution in [0.4, 0.5) is 18.9 Å². The van der Waals surface area contributed by atoms with E-state index in [1.54, 1.807) is 16.7 Å². The van der Waals surface area contributed by atoms with E-state index in [9.17, 15) is 23.1 Å². The second kappa shape index (κ2) is 8.97. The molecule has 11 heteroatoms. The zero-order chi connectivity index (χ0) is 21.9. The van der Waals surface area contributed by atoms with Crippen LogP contribution in [0.5, 0.6) is 5.75 Å². The molecule has 0 radical (unpaired) electrons. The van der Waals surface area contributed by atoms with Crippen molar-refractivity contribution < 1.29 is 23.1 Å². The summed E-state index contributed by atoms with van der Waals surface area (Å²) in [6, 6.07) is 9.19. The number of rotatable bonds is 6. The van der Waals surface area contributed by atoms with Gasteiger partial charge in [-0.3, -0.25) is 4.79 Å². The van der Waals surface area contributed by atoms with Crippen LogP contribution in [0, 0.1) is 0 Å². The highest BCUT2D eigenvalue weighted by molar-refractivity contribution is 7.99. The maximum absolute atomic E-state index is 12.9. The predicted molar refractivity (Wildman–Crippen MR) is 109 cm³/mol. The maximum Gasteiger partial charge on any atom is 0.416 e. The number of alkyl halides is 3. The second-order valence-corrected chi connectivity index (χ2v) is 7.48. The normalized spacial score (nSPS) is 11.5. The standard InChI is InChI=1S/C19H16ClF3N4O2S/c1-2-27-17(11-3-6-13(28)7-4-11)25-26-18(27)30-10-16(29)24-15-9-12(19(21,22)23)5-8-14(15)20/h3-9,28H,2,10H2,1H3,(H,24,29). The molecule has 0 aliphatic carbocycles. The van der Waals surface area contributed by atoms with Gasteiger partial charge in [-0.1, -0.05) is 23.4 Å². The Morgan fingerprint density at radius 2 is 1.90 bits per heavy atom. The maximum atomic E-state index is 12.9. The summed E-state index contributed by atoms with van der Waals surface area (Å²) in [7, 11) is 0. The van der Waals surface area contributed by atoms with Crippen LogP contribution in [0.2, 0.25) is 5.02 Å². The Hall–Kier alpha value is -2.72. The molecule has 158 valence electrons. The van der Waals surface area contributed by atoms with Gasteiger partial charge in [0.05, 0.1) is 22.0 Å². The van der Waals surface area contributed by atoms with Gasteiger partial charge >= 0.3 is 6.18 Å². The number of thioether (sulfide) groups is 1. The van der Waals surface area contributed by atoms with Crippen molar-refractivity contribution in [3.05, 3.63) is 53.1 Å². The Morgan fingerprint density at radius 3 is 2.53 bits per heavy atom. The molecule has 0 spiro atoms. The van der Waals surface area contributed by atoms with Crippen molar-refractivity contribution in [2.45, 2.75) is 24.8 Å². The van der Waals surface area contributed by atoms with Gasteiger partial charge in [-0.15, -0.1) is 10.2 Å². The molecule has 2 N–H and O–H groups in total. The van der Waals surface area contributed by atoms with Gasteiger partial charge in [-0.05, 0) is 49.4 Å². The third-order valence-corrected chi connectivity index (χ3v) is 5.36. The highest BCUT2D eigenvalue weighted by atomic mass is 35.5. The lowest BCUT2D eigenvalue weighted by Crippen LogP contribution is -2.16. The number of phenolic OH excluding ortho intramolecular Hbond substituents is 1. The number of carbonyl (C=O) groups is 1. The lowest BCUT2D eigenvalue weighted by molar-refractivity contribution is -0.137. The van der Waals surface area contributed by atoms with Crippen LogP contribution < -0.4 is 5.32 Å². The average Bonchev–Trinajstić information content (AvgIpc) is 3.10. The van der Waals surface area contributed by atoms with E-state index in [4.69, 9.17) is 11.6 Å². The quantitative estimate of drug-likeness (QED) is 0.506. The van der Waals surface area contributed by atoms with E-state index in [0.29, 0.717) is 17.5 Å². The lowest BCUT2D eigenvalue weighted by Gasteiger charge is -2.12. The number of hydrogen-bond donors (Lipinski definition) is 2. The fourth-order valence-corrected chi connectivity index (χ4v) is 3.59. The van der Waals surface area contributed by atoms with E-state index < -0.39 is 17.6 Å². The zero-order valence-electron chi connectivity index (χ0n) is 15.6. The highest BCUT2D eigenvalue weighted by Crippen LogP contribution is 2.34. The number of benzene rings is 2. The van der Waals surface area contributed by atoms with E-state index in [0.717, 1.165) is 35.5 Å². The molecular formula is C19H16ClF3N4O2S. The minimum Gasteiger partial charge on any atom is -0.508 e. The summed E-state index contributed by atoms with van der Waals surface area (Å²) in [6.45, 7) is 2.42. The Morgan fingerprint density at radius 1 is 1.20 bits per heavy atom. The van der Waals surface area contributed by atoms with Gasteiger partial charge in [0.2, 0.25) is 5.91 Å². The molecule has 3 rings (SSSR count). The summed E-state index contributed by atoms with van der Waals surface area (Å²) in [5, 5.41) is 20.5. The van der Waals surface area contributed by atoms with Crippen LogP contribution in [0.3, 0.4) is 0 Å². The molecular weight excluding hydrogens is 441 g/mol. The van der Waals surface area contributed by atoms with Crippen LogP contribution in [-0.2, 0) is 17.5 Å². The lowest BCUT2D eigenvalue weighted by atomic mass is 10.2. The zero-order valence-corrected chi connectivity index (χ0v) is 17.1. The van der Waals surface area contributed by atoms with Crippen LogP contribution in [0.15, 0.2) is 47.6 Å². The summed E-state index contributed by atoms with van der Waals surface area (Å²) in [5.41, 5.74) is -0.271. The van der Waals surface area contributed by atoms with Crippen molar-refractivity contribution in [2.75, 3.05) is 11.1 Å². The molecule has 0 aliphatic heterocycles. The van der Waals surface area contributed by atoms with E-state index in [-0.39, 0.29) is 22.2 Å². The Labute approximate surface area is 179 Å². The summed E-state index contributed by atoms with van der Waals surface area (Å²) in [6.07, 6.45) is -4.54. The number of amides is 1. The predicted octanol–water partition coefficient (Wildman–Crippen LogP) is 5.07. The van der Waals surface area contributed by atoms with Crippen LogP contribution in [0.25, 0.3) is 11.4 Å². The van der Waals surface area contributed by atoms with Crippen molar-refractivity contribution in [3.63, 3.8) is 0 Å². The van der Waals surface area contributed by atoms with E-state index in [2.05, 4.69) is 15.5 Å². The van der Waals surface area contributed by atoms with Crippen molar-refractivity contribution in [1.82, 2.24) is 14.8 Å². The van der Waals surface area contributed by atoms with Gasteiger partial charge in [0, 0.05) is 12.1 Å². The van der Waals surface area contributed by atoms with Crippen LogP contribution in [-0.4, -0.2) is 31.5 Å². The molecule has 2 aromatic carbocycles. The van der Waals surface area contributed by atoms with Crippen LogP contribution in [0.1, 0.15) is 12.5 Å². The molecule has 0 bridgehead atoms. The first-order valence-electron chi connectivity index (χ1n) is 8.71. The molecule has 0 unspecified atom stereocenters. The first-order chi connectivity index (χ1) is 14.2. The van der Waals surface area contributed by atoms with Gasteiger partial charge < -0.3 is 15.0 Å². The number of aromatic hydroxyl groups is 1. The fourth-order valence-electron chi connectivity index (χ4n) is 2.62. The molecule has 1 heterocycles. The first kappa shape index (κ1) is 22.0. The van der Waals surface area contributed by atoms with E-state index >= 15 is 0 Å². The third-order valence-electron chi connectivity index (χ3n) is 4.06. The smallest absolute Gasteiger partial charge is 0.416 e. The fraction of sp³-hybridized carbons (Fsp3) is 0.211. The summed E-state index contributed by atoms with van der Waals surface area (Å²) >= 11 is 7.00. The Kier molecular flexibility index (Phi) is 6.57. The molecule has 0 saturated carbocycles. The molecule has 0 aliphatic rings. The van der Waals surface area contributed by atoms with Gasteiger partial charge in [0.15, 0.2) is 11.0 Å².